The Bertz CT molecular complexity index is 1510. The largest absolute Gasteiger partial charge is 0.251 e. The zero-order chi connectivity index (χ0) is 21.4. The molecule has 3 nitrogen and oxygen atoms in total. The minimum absolute atomic E-state index is 0.137. The lowest BCUT2D eigenvalue weighted by Gasteiger charge is -2.14. The number of aryl methyl sites for hydroxylation is 1. The lowest BCUT2D eigenvalue weighted by Crippen LogP contribution is -2.07. The van der Waals surface area contributed by atoms with Crippen LogP contribution in [-0.2, 0) is 15.6 Å². The van der Waals surface area contributed by atoms with Crippen LogP contribution < -0.4 is 0 Å². The minimum Gasteiger partial charge on any atom is -0.251 e. The molecule has 0 fully saturated rings. The summed E-state index contributed by atoms with van der Waals surface area (Å²) in [4.78, 5) is 5.16. The molecule has 0 bridgehead atoms. The van der Waals surface area contributed by atoms with Gasteiger partial charge in [0.2, 0.25) is 0 Å². The molecule has 31 heavy (non-hydrogen) atoms. The monoisotopic (exact) mass is 423 g/mol. The average Bonchev–Trinajstić information content (AvgIpc) is 2.79. The number of nitrogens with zero attached hydrogens (tertiary/aromatic N) is 1. The van der Waals surface area contributed by atoms with Gasteiger partial charge in [-0.15, -0.1) is 0 Å². The fraction of sp³-hybridized carbons (Fsp3) is 0.0741. The van der Waals surface area contributed by atoms with Crippen LogP contribution in [0.2, 0.25) is 0 Å². The summed E-state index contributed by atoms with van der Waals surface area (Å²) in [5.74, 6) is -0.137. The molecule has 4 aromatic carbocycles. The Hall–Kier alpha value is -3.50. The number of rotatable bonds is 4. The third kappa shape index (κ3) is 3.60. The maximum absolute atomic E-state index is 13.1. The first-order valence-corrected chi connectivity index (χ1v) is 11.8. The predicted molar refractivity (Wildman–Crippen MR) is 127 cm³/mol. The van der Waals surface area contributed by atoms with Crippen LogP contribution in [0.15, 0.2) is 102 Å². The molecule has 0 N–H and O–H groups in total. The van der Waals surface area contributed by atoms with Crippen LogP contribution >= 0.6 is 0 Å². The Balaban J connectivity index is 1.73. The van der Waals surface area contributed by atoms with Gasteiger partial charge in [0.1, 0.15) is 0 Å². The van der Waals surface area contributed by atoms with E-state index in [-0.39, 0.29) is 5.75 Å². The zero-order valence-corrected chi connectivity index (χ0v) is 17.9. The van der Waals surface area contributed by atoms with Crippen LogP contribution in [0.3, 0.4) is 0 Å². The van der Waals surface area contributed by atoms with E-state index in [1.54, 1.807) is 12.1 Å². The molecule has 0 saturated heterocycles. The van der Waals surface area contributed by atoms with E-state index in [9.17, 15) is 8.42 Å². The van der Waals surface area contributed by atoms with Gasteiger partial charge in [0, 0.05) is 10.8 Å². The van der Waals surface area contributed by atoms with Crippen molar-refractivity contribution in [3.8, 4) is 11.1 Å². The van der Waals surface area contributed by atoms with Crippen molar-refractivity contribution >= 4 is 31.5 Å². The third-order valence-electron chi connectivity index (χ3n) is 5.60. The summed E-state index contributed by atoms with van der Waals surface area (Å²) in [6.07, 6.45) is 0. The van der Waals surface area contributed by atoms with Crippen LogP contribution in [0.1, 0.15) is 11.3 Å². The van der Waals surface area contributed by atoms with Gasteiger partial charge in [0.05, 0.1) is 21.9 Å². The van der Waals surface area contributed by atoms with Gasteiger partial charge in [0.15, 0.2) is 9.84 Å². The van der Waals surface area contributed by atoms with Crippen molar-refractivity contribution in [2.45, 2.75) is 17.6 Å². The van der Waals surface area contributed by atoms with E-state index in [0.717, 1.165) is 38.4 Å². The Kier molecular flexibility index (Phi) is 4.79. The number of fused-ring (bicyclic) bond motifs is 3. The van der Waals surface area contributed by atoms with E-state index >= 15 is 0 Å². The Morgan fingerprint density at radius 2 is 1.39 bits per heavy atom. The predicted octanol–water partition coefficient (Wildman–Crippen LogP) is 6.34. The molecule has 0 aliphatic rings. The molecule has 0 aliphatic carbocycles. The van der Waals surface area contributed by atoms with Crippen molar-refractivity contribution in [1.82, 2.24) is 4.98 Å². The highest BCUT2D eigenvalue weighted by atomic mass is 32.2. The molecule has 4 heteroatoms. The molecule has 152 valence electrons. The van der Waals surface area contributed by atoms with E-state index in [2.05, 4.69) is 18.2 Å². The van der Waals surface area contributed by atoms with Gasteiger partial charge >= 0.3 is 0 Å². The van der Waals surface area contributed by atoms with Gasteiger partial charge < -0.3 is 0 Å². The van der Waals surface area contributed by atoms with Crippen LogP contribution in [0.4, 0.5) is 0 Å². The molecule has 0 atom stereocenters. The topological polar surface area (TPSA) is 47.0 Å². The highest BCUT2D eigenvalue weighted by Gasteiger charge is 2.20. The molecule has 1 aromatic heterocycles. The molecule has 0 unspecified atom stereocenters. The number of hydrogen-bond acceptors (Lipinski definition) is 3. The van der Waals surface area contributed by atoms with Crippen molar-refractivity contribution in [1.29, 1.82) is 0 Å². The Morgan fingerprint density at radius 1 is 0.710 bits per heavy atom. The summed E-state index contributed by atoms with van der Waals surface area (Å²) in [6.45, 7) is 1.94. The molecule has 0 radical (unpaired) electrons. The number of sulfone groups is 1. The van der Waals surface area contributed by atoms with E-state index in [4.69, 9.17) is 4.98 Å². The van der Waals surface area contributed by atoms with E-state index < -0.39 is 9.84 Å². The lowest BCUT2D eigenvalue weighted by molar-refractivity contribution is 0.595. The van der Waals surface area contributed by atoms with Crippen LogP contribution in [-0.4, -0.2) is 13.4 Å². The van der Waals surface area contributed by atoms with E-state index in [1.165, 1.54) is 0 Å². The van der Waals surface area contributed by atoms with Crippen molar-refractivity contribution < 1.29 is 8.42 Å². The summed E-state index contributed by atoms with van der Waals surface area (Å²) >= 11 is 0. The quantitative estimate of drug-likeness (QED) is 0.317. The number of benzene rings is 4. The molecule has 1 heterocycles. The van der Waals surface area contributed by atoms with Crippen LogP contribution in [0, 0.1) is 6.92 Å². The standard InChI is InChI=1S/C27H21NO2S/c1-19-14-16-21(17-15-19)31(29,30)18-26-23-10-5-6-11-24(23)27-22(12-7-13-25(27)28-26)20-8-3-2-4-9-20/h2-17H,18H2,1H3. The Labute approximate surface area is 181 Å². The molecule has 0 aliphatic heterocycles. The van der Waals surface area contributed by atoms with Crippen molar-refractivity contribution in [2.75, 3.05) is 0 Å². The van der Waals surface area contributed by atoms with Gasteiger partial charge in [-0.2, -0.15) is 0 Å². The smallest absolute Gasteiger partial charge is 0.184 e. The number of aromatic nitrogens is 1. The highest BCUT2D eigenvalue weighted by molar-refractivity contribution is 7.90. The zero-order valence-electron chi connectivity index (χ0n) is 17.1. The lowest BCUT2D eigenvalue weighted by atomic mass is 9.96. The second-order valence-electron chi connectivity index (χ2n) is 7.74. The number of pyridine rings is 1. The second-order valence-corrected chi connectivity index (χ2v) is 9.73. The molecule has 5 rings (SSSR count). The fourth-order valence-corrected chi connectivity index (χ4v) is 5.35. The first-order chi connectivity index (χ1) is 15.0. The summed E-state index contributed by atoms with van der Waals surface area (Å²) < 4.78 is 26.3. The van der Waals surface area contributed by atoms with Gasteiger partial charge in [0.25, 0.3) is 0 Å². The first-order valence-electron chi connectivity index (χ1n) is 10.2. The first kappa shape index (κ1) is 19.5. The third-order valence-corrected chi connectivity index (χ3v) is 7.24. The van der Waals surface area contributed by atoms with Crippen LogP contribution in [0.5, 0.6) is 0 Å². The fourth-order valence-electron chi connectivity index (χ4n) is 4.05. The van der Waals surface area contributed by atoms with E-state index in [0.29, 0.717) is 10.6 Å². The maximum atomic E-state index is 13.1. The molecule has 5 aromatic rings. The molecule has 0 spiro atoms. The molecular formula is C27H21NO2S. The second kappa shape index (κ2) is 7.64. The van der Waals surface area contributed by atoms with Crippen molar-refractivity contribution in [3.63, 3.8) is 0 Å². The van der Waals surface area contributed by atoms with Crippen LogP contribution in [0.25, 0.3) is 32.8 Å². The van der Waals surface area contributed by atoms with Crippen molar-refractivity contribution in [2.24, 2.45) is 0 Å². The summed E-state index contributed by atoms with van der Waals surface area (Å²) in [5.41, 5.74) is 4.61. The van der Waals surface area contributed by atoms with E-state index in [1.807, 2.05) is 73.7 Å². The van der Waals surface area contributed by atoms with Gasteiger partial charge in [-0.3, -0.25) is 4.98 Å². The minimum atomic E-state index is -3.51. The van der Waals surface area contributed by atoms with Gasteiger partial charge in [-0.1, -0.05) is 84.4 Å². The summed E-state index contributed by atoms with van der Waals surface area (Å²) in [6, 6.07) is 31.1. The number of hydrogen-bond donors (Lipinski definition) is 0. The van der Waals surface area contributed by atoms with Crippen molar-refractivity contribution in [3.05, 3.63) is 108 Å². The normalized spacial score (nSPS) is 11.8. The summed E-state index contributed by atoms with van der Waals surface area (Å²) in [7, 11) is -3.51. The molecule has 0 amide bonds. The highest BCUT2D eigenvalue weighted by Crippen LogP contribution is 2.35. The van der Waals surface area contributed by atoms with Gasteiger partial charge in [-0.25, -0.2) is 8.42 Å². The summed E-state index contributed by atoms with van der Waals surface area (Å²) in [5, 5.41) is 2.93. The molecule has 0 saturated carbocycles. The Morgan fingerprint density at radius 3 is 2.13 bits per heavy atom. The maximum Gasteiger partial charge on any atom is 0.184 e. The SMILES string of the molecule is Cc1ccc(S(=O)(=O)Cc2nc3cccc(-c4ccccc4)c3c3ccccc23)cc1. The van der Waals surface area contributed by atoms with Gasteiger partial charge in [-0.05, 0) is 41.6 Å². The molecular weight excluding hydrogens is 402 g/mol. The average molecular weight is 424 g/mol.